The smallest absolute Gasteiger partial charge is 0.434 e. The van der Waals surface area contributed by atoms with E-state index in [9.17, 15) is 9.59 Å². The van der Waals surface area contributed by atoms with Gasteiger partial charge in [-0.05, 0) is 38.8 Å². The number of nitrogens with zero attached hydrogens (tertiary/aromatic N) is 4. The highest BCUT2D eigenvalue weighted by atomic mass is 16.6. The first-order valence-electron chi connectivity index (χ1n) is 10.3. The van der Waals surface area contributed by atoms with E-state index in [2.05, 4.69) is 20.4 Å². The van der Waals surface area contributed by atoms with Crippen LogP contribution in [0.25, 0.3) is 11.3 Å². The molecule has 0 aromatic carbocycles. The number of aliphatic imine (C=N–C) groups is 1. The minimum atomic E-state index is -0.672. The van der Waals surface area contributed by atoms with E-state index in [-0.39, 0.29) is 17.7 Å². The van der Waals surface area contributed by atoms with Crippen molar-refractivity contribution in [2.24, 2.45) is 23.9 Å². The number of rotatable bonds is 1. The summed E-state index contributed by atoms with van der Waals surface area (Å²) in [6, 6.07) is 3.67. The van der Waals surface area contributed by atoms with Gasteiger partial charge in [-0.25, -0.2) is 4.79 Å². The van der Waals surface area contributed by atoms with Crippen LogP contribution in [0.3, 0.4) is 0 Å². The summed E-state index contributed by atoms with van der Waals surface area (Å²) in [7, 11) is 1.81. The fraction of sp³-hybridized carbons (Fsp3) is 0.435. The van der Waals surface area contributed by atoms with Gasteiger partial charge in [-0.1, -0.05) is 26.0 Å². The van der Waals surface area contributed by atoms with E-state index in [1.807, 2.05) is 45.2 Å². The van der Waals surface area contributed by atoms with E-state index in [1.165, 1.54) is 0 Å². The Kier molecular flexibility index (Phi) is 6.38. The van der Waals surface area contributed by atoms with Crippen LogP contribution in [0.5, 0.6) is 0 Å². The summed E-state index contributed by atoms with van der Waals surface area (Å²) in [6.45, 7) is 9.36. The van der Waals surface area contributed by atoms with Crippen LogP contribution in [0.1, 0.15) is 46.7 Å². The van der Waals surface area contributed by atoms with Crippen molar-refractivity contribution in [2.45, 2.75) is 46.6 Å². The fourth-order valence-electron chi connectivity index (χ4n) is 3.36. The van der Waals surface area contributed by atoms with Crippen LogP contribution in [0.15, 0.2) is 41.7 Å². The molecule has 0 saturated carbocycles. The van der Waals surface area contributed by atoms with E-state index < -0.39 is 11.7 Å². The molecule has 3 heterocycles. The first kappa shape index (κ1) is 22.4. The maximum absolute atomic E-state index is 13.0. The standard InChI is InChI=1S/C23H29N5O3/c1-14(2)16-8-7-9-17(27-22(30)31-23(3,4)5)18-12-15(10-11-24-18)20-19(26-21(16)29)13-25-28(20)6/h7-8,10-14,16H,9H2,1-6H3,(H,26,29)/b8-7+,27-17?/t16-/m1/s1. The summed E-state index contributed by atoms with van der Waals surface area (Å²) >= 11 is 0. The largest absolute Gasteiger partial charge is 0.442 e. The highest BCUT2D eigenvalue weighted by molar-refractivity contribution is 6.06. The molecule has 2 aromatic rings. The number of hydrogen-bond acceptors (Lipinski definition) is 5. The number of allylic oxidation sites excluding steroid dienone is 1. The Bertz CT molecular complexity index is 1040. The molecular weight excluding hydrogens is 394 g/mol. The number of nitrogens with one attached hydrogen (secondary N) is 1. The Morgan fingerprint density at radius 1 is 1.35 bits per heavy atom. The number of fused-ring (bicyclic) bond motifs is 4. The van der Waals surface area contributed by atoms with Gasteiger partial charge >= 0.3 is 6.09 Å². The Labute approximate surface area is 182 Å². The molecule has 0 radical (unpaired) electrons. The first-order valence-corrected chi connectivity index (χ1v) is 10.3. The van der Waals surface area contributed by atoms with Crippen molar-refractivity contribution in [2.75, 3.05) is 5.32 Å². The summed E-state index contributed by atoms with van der Waals surface area (Å²) in [4.78, 5) is 34.0. The summed E-state index contributed by atoms with van der Waals surface area (Å²) in [5.41, 5.74) is 2.56. The number of anilines is 1. The van der Waals surface area contributed by atoms with E-state index >= 15 is 0 Å². The quantitative estimate of drug-likeness (QED) is 0.687. The zero-order valence-electron chi connectivity index (χ0n) is 18.8. The van der Waals surface area contributed by atoms with Crippen LogP contribution in [-0.4, -0.2) is 38.1 Å². The topological polar surface area (TPSA) is 98.5 Å². The predicted octanol–water partition coefficient (Wildman–Crippen LogP) is 4.38. The molecule has 1 atom stereocenters. The van der Waals surface area contributed by atoms with Crippen LogP contribution in [0.2, 0.25) is 0 Å². The number of hydrogen-bond donors (Lipinski definition) is 1. The van der Waals surface area contributed by atoms with Gasteiger partial charge in [-0.3, -0.25) is 14.5 Å². The summed E-state index contributed by atoms with van der Waals surface area (Å²) in [6.07, 6.45) is 6.66. The van der Waals surface area contributed by atoms with Crippen molar-refractivity contribution >= 4 is 23.4 Å². The van der Waals surface area contributed by atoms with Crippen molar-refractivity contribution in [1.29, 1.82) is 0 Å². The number of amides is 2. The van der Waals surface area contributed by atoms with Crippen LogP contribution >= 0.6 is 0 Å². The molecule has 1 aliphatic rings. The molecule has 0 spiro atoms. The Hall–Kier alpha value is -3.29. The number of pyridine rings is 1. The molecule has 2 aromatic heterocycles. The number of aryl methyl sites for hydroxylation is 1. The van der Waals surface area contributed by atoms with E-state index in [1.54, 1.807) is 37.8 Å². The summed E-state index contributed by atoms with van der Waals surface area (Å²) < 4.78 is 7.07. The lowest BCUT2D eigenvalue weighted by Crippen LogP contribution is -2.26. The van der Waals surface area contributed by atoms with Crippen molar-refractivity contribution in [3.63, 3.8) is 0 Å². The van der Waals surface area contributed by atoms with Gasteiger partial charge in [0.25, 0.3) is 0 Å². The van der Waals surface area contributed by atoms with Crippen LogP contribution < -0.4 is 5.32 Å². The maximum Gasteiger partial charge on any atom is 0.434 e. The van der Waals surface area contributed by atoms with E-state index in [0.717, 1.165) is 11.3 Å². The summed E-state index contributed by atoms with van der Waals surface area (Å²) in [5, 5.41) is 7.32. The third-order valence-corrected chi connectivity index (χ3v) is 4.82. The second kappa shape index (κ2) is 8.83. The second-order valence-corrected chi connectivity index (χ2v) is 8.89. The molecule has 0 saturated heterocycles. The molecule has 8 nitrogen and oxygen atoms in total. The Morgan fingerprint density at radius 2 is 2.10 bits per heavy atom. The lowest BCUT2D eigenvalue weighted by molar-refractivity contribution is -0.119. The van der Waals surface area contributed by atoms with Gasteiger partial charge in [-0.15, -0.1) is 0 Å². The highest BCUT2D eigenvalue weighted by Gasteiger charge is 2.24. The van der Waals surface area contributed by atoms with E-state index in [4.69, 9.17) is 4.74 Å². The molecule has 31 heavy (non-hydrogen) atoms. The average molecular weight is 424 g/mol. The third-order valence-electron chi connectivity index (χ3n) is 4.82. The lowest BCUT2D eigenvalue weighted by Gasteiger charge is -2.19. The van der Waals surface area contributed by atoms with Crippen LogP contribution in [-0.2, 0) is 16.6 Å². The van der Waals surface area contributed by atoms with Gasteiger partial charge in [0.05, 0.1) is 34.9 Å². The second-order valence-electron chi connectivity index (χ2n) is 8.89. The molecular formula is C23H29N5O3. The Balaban J connectivity index is 2.14. The normalized spacial score (nSPS) is 19.3. The maximum atomic E-state index is 13.0. The number of carbonyl (C=O) groups excluding carboxylic acids is 2. The minimum absolute atomic E-state index is 0.0847. The molecule has 3 rings (SSSR count). The molecule has 1 aliphatic heterocycles. The first-order chi connectivity index (χ1) is 14.5. The highest BCUT2D eigenvalue weighted by Crippen LogP contribution is 2.29. The van der Waals surface area contributed by atoms with Gasteiger partial charge in [0.2, 0.25) is 5.91 Å². The van der Waals surface area contributed by atoms with Gasteiger partial charge in [0.15, 0.2) is 0 Å². The molecule has 164 valence electrons. The van der Waals surface area contributed by atoms with Crippen molar-refractivity contribution in [3.8, 4) is 11.3 Å². The zero-order chi connectivity index (χ0) is 22.8. The van der Waals surface area contributed by atoms with Gasteiger partial charge in [0, 0.05) is 25.2 Å². The summed E-state index contributed by atoms with van der Waals surface area (Å²) in [5.74, 6) is -0.371. The van der Waals surface area contributed by atoms with Crippen molar-refractivity contribution in [3.05, 3.63) is 42.4 Å². The molecule has 0 unspecified atom stereocenters. The van der Waals surface area contributed by atoms with Crippen LogP contribution in [0.4, 0.5) is 10.5 Å². The number of carbonyl (C=O) groups is 2. The SMILES string of the molecule is CC(C)[C@H]1/C=C/CC(=NC(=O)OC(C)(C)C)c2cc(ccn2)-c2c(cnn2C)NC1=O. The Morgan fingerprint density at radius 3 is 2.77 bits per heavy atom. The number of ether oxygens (including phenoxy) is 1. The van der Waals surface area contributed by atoms with E-state index in [0.29, 0.717) is 23.5 Å². The van der Waals surface area contributed by atoms with Gasteiger partial charge in [-0.2, -0.15) is 10.1 Å². The number of aromatic nitrogens is 3. The molecule has 0 aliphatic carbocycles. The molecule has 0 fully saturated rings. The van der Waals surface area contributed by atoms with Crippen LogP contribution in [0, 0.1) is 11.8 Å². The third kappa shape index (κ3) is 5.45. The fourth-order valence-corrected chi connectivity index (χ4v) is 3.36. The molecule has 2 bridgehead atoms. The lowest BCUT2D eigenvalue weighted by atomic mass is 9.93. The monoisotopic (exact) mass is 423 g/mol. The molecule has 2 amide bonds. The minimum Gasteiger partial charge on any atom is -0.442 e. The zero-order valence-corrected chi connectivity index (χ0v) is 18.8. The van der Waals surface area contributed by atoms with Gasteiger partial charge < -0.3 is 10.1 Å². The molecule has 1 N–H and O–H groups in total. The van der Waals surface area contributed by atoms with Gasteiger partial charge in [0.1, 0.15) is 5.60 Å². The predicted molar refractivity (Wildman–Crippen MR) is 120 cm³/mol. The van der Waals surface area contributed by atoms with Crippen molar-refractivity contribution in [1.82, 2.24) is 14.8 Å². The molecule has 8 heteroatoms. The average Bonchev–Trinajstić information content (AvgIpc) is 3.01. The van der Waals surface area contributed by atoms with Crippen molar-refractivity contribution < 1.29 is 14.3 Å².